The molecule has 7 nitrogen and oxygen atoms in total. The zero-order valence-electron chi connectivity index (χ0n) is 15.2. The average Bonchev–Trinajstić information content (AvgIpc) is 3.17. The summed E-state index contributed by atoms with van der Waals surface area (Å²) in [4.78, 5) is 12.6. The number of halogens is 1. The molecule has 1 amide bonds. The zero-order valence-corrected chi connectivity index (χ0v) is 16.8. The second kappa shape index (κ2) is 8.04. The molecule has 0 bridgehead atoms. The van der Waals surface area contributed by atoms with Crippen LogP contribution in [0.15, 0.2) is 64.5 Å². The molecule has 2 aromatic carbocycles. The number of anilines is 1. The van der Waals surface area contributed by atoms with Gasteiger partial charge in [-0.3, -0.25) is 9.48 Å². The van der Waals surface area contributed by atoms with E-state index in [0.717, 1.165) is 0 Å². The number of amides is 1. The van der Waals surface area contributed by atoms with Crippen LogP contribution in [0, 0.1) is 0 Å². The molecule has 0 aliphatic carbocycles. The third-order valence-corrected chi connectivity index (χ3v) is 6.06. The topological polar surface area (TPSA) is 90.3 Å². The van der Waals surface area contributed by atoms with Gasteiger partial charge >= 0.3 is 0 Å². The number of nitrogens with zero attached hydrogens (tertiary/aromatic N) is 2. The Balaban J connectivity index is 1.98. The number of aromatic nitrogens is 2. The Hall–Kier alpha value is -2.84. The monoisotopic (exact) mass is 419 g/mol. The van der Waals surface area contributed by atoms with E-state index >= 15 is 0 Å². The summed E-state index contributed by atoms with van der Waals surface area (Å²) in [7, 11) is -2.40. The predicted molar refractivity (Wildman–Crippen MR) is 106 cm³/mol. The molecule has 1 heterocycles. The number of sulfone groups is 1. The molecular formula is C19H18ClN3O4S. The van der Waals surface area contributed by atoms with Gasteiger partial charge in [0.2, 0.25) is 9.84 Å². The summed E-state index contributed by atoms with van der Waals surface area (Å²) in [6, 6.07) is 11.8. The van der Waals surface area contributed by atoms with E-state index in [4.69, 9.17) is 16.3 Å². The van der Waals surface area contributed by atoms with Crippen molar-refractivity contribution in [1.29, 1.82) is 0 Å². The largest absolute Gasteiger partial charge is 0.497 e. The maximum Gasteiger partial charge on any atom is 0.273 e. The van der Waals surface area contributed by atoms with Crippen LogP contribution in [-0.2, 0) is 16.4 Å². The van der Waals surface area contributed by atoms with Crippen molar-refractivity contribution < 1.29 is 17.9 Å². The lowest BCUT2D eigenvalue weighted by Gasteiger charge is -2.12. The van der Waals surface area contributed by atoms with Crippen LogP contribution in [0.3, 0.4) is 0 Å². The molecule has 3 aromatic rings. The minimum Gasteiger partial charge on any atom is -0.497 e. The number of aryl methyl sites for hydroxylation is 1. The normalized spacial score (nSPS) is 11.2. The molecule has 0 saturated carbocycles. The zero-order chi connectivity index (χ0) is 20.3. The first-order valence-electron chi connectivity index (χ1n) is 8.38. The van der Waals surface area contributed by atoms with Crippen LogP contribution in [0.4, 0.5) is 5.69 Å². The van der Waals surface area contributed by atoms with Gasteiger partial charge in [0.15, 0.2) is 0 Å². The summed E-state index contributed by atoms with van der Waals surface area (Å²) >= 11 is 5.84. The van der Waals surface area contributed by atoms with E-state index in [2.05, 4.69) is 10.4 Å². The Labute approximate surface area is 167 Å². The molecule has 0 radical (unpaired) electrons. The van der Waals surface area contributed by atoms with Crippen molar-refractivity contribution in [2.45, 2.75) is 23.3 Å². The third-order valence-electron chi connectivity index (χ3n) is 4.06. The van der Waals surface area contributed by atoms with Crippen molar-refractivity contribution in [1.82, 2.24) is 9.78 Å². The van der Waals surface area contributed by atoms with Crippen LogP contribution in [0.2, 0.25) is 5.02 Å². The fourth-order valence-electron chi connectivity index (χ4n) is 2.64. The number of hydrogen-bond donors (Lipinski definition) is 1. The molecule has 0 aliphatic heterocycles. The van der Waals surface area contributed by atoms with Gasteiger partial charge in [-0.25, -0.2) is 8.42 Å². The highest BCUT2D eigenvalue weighted by Crippen LogP contribution is 2.29. The van der Waals surface area contributed by atoms with E-state index in [1.165, 1.54) is 49.7 Å². The molecule has 0 spiro atoms. The van der Waals surface area contributed by atoms with Crippen LogP contribution >= 0.6 is 11.6 Å². The minimum absolute atomic E-state index is 0.00604. The number of nitrogens with one attached hydrogen (secondary N) is 1. The lowest BCUT2D eigenvalue weighted by Crippen LogP contribution is -2.17. The van der Waals surface area contributed by atoms with Crippen LogP contribution in [0.25, 0.3) is 0 Å². The lowest BCUT2D eigenvalue weighted by atomic mass is 10.3. The smallest absolute Gasteiger partial charge is 0.273 e. The molecule has 0 saturated heterocycles. The highest BCUT2D eigenvalue weighted by molar-refractivity contribution is 7.91. The Morgan fingerprint density at radius 1 is 1.14 bits per heavy atom. The fraction of sp³-hybridized carbons (Fsp3) is 0.158. The van der Waals surface area contributed by atoms with E-state index in [9.17, 15) is 13.2 Å². The van der Waals surface area contributed by atoms with Crippen LogP contribution in [0.1, 0.15) is 17.4 Å². The molecule has 146 valence electrons. The highest BCUT2D eigenvalue weighted by atomic mass is 35.5. The molecule has 1 aromatic heterocycles. The average molecular weight is 420 g/mol. The second-order valence-electron chi connectivity index (χ2n) is 5.84. The van der Waals surface area contributed by atoms with Crippen LogP contribution in [0.5, 0.6) is 5.75 Å². The van der Waals surface area contributed by atoms with Gasteiger partial charge in [0.25, 0.3) is 5.91 Å². The van der Waals surface area contributed by atoms with Crippen molar-refractivity contribution in [3.8, 4) is 5.75 Å². The molecule has 0 unspecified atom stereocenters. The summed E-state index contributed by atoms with van der Waals surface area (Å²) in [5, 5.41) is 7.20. The number of hydrogen-bond acceptors (Lipinski definition) is 5. The van der Waals surface area contributed by atoms with Gasteiger partial charge in [-0.15, -0.1) is 0 Å². The first-order valence-corrected chi connectivity index (χ1v) is 10.2. The molecule has 3 rings (SSSR count). The predicted octanol–water partition coefficient (Wildman–Crippen LogP) is 3.65. The molecule has 0 atom stereocenters. The van der Waals surface area contributed by atoms with Gasteiger partial charge in [0.1, 0.15) is 11.4 Å². The number of ether oxygens (including phenoxy) is 1. The van der Waals surface area contributed by atoms with Crippen molar-refractivity contribution in [3.63, 3.8) is 0 Å². The first kappa shape index (κ1) is 19.9. The van der Waals surface area contributed by atoms with E-state index in [0.29, 0.717) is 28.7 Å². The van der Waals surface area contributed by atoms with E-state index in [1.807, 2.05) is 6.92 Å². The highest BCUT2D eigenvalue weighted by Gasteiger charge is 2.20. The van der Waals surface area contributed by atoms with Crippen molar-refractivity contribution in [2.24, 2.45) is 0 Å². The van der Waals surface area contributed by atoms with E-state index in [1.54, 1.807) is 16.8 Å². The second-order valence-corrected chi connectivity index (χ2v) is 8.23. The molecule has 0 aliphatic rings. The molecule has 28 heavy (non-hydrogen) atoms. The van der Waals surface area contributed by atoms with Crippen LogP contribution in [-0.4, -0.2) is 31.2 Å². The Bertz CT molecular complexity index is 1110. The molecule has 1 N–H and O–H groups in total. The summed E-state index contributed by atoms with van der Waals surface area (Å²) in [5.41, 5.74) is 0.660. The summed E-state index contributed by atoms with van der Waals surface area (Å²) in [6.07, 6.45) is 1.53. The summed E-state index contributed by atoms with van der Waals surface area (Å²) in [5.74, 6) is -0.100. The number of benzene rings is 2. The number of carbonyl (C=O) groups excluding carboxylic acids is 1. The summed E-state index contributed by atoms with van der Waals surface area (Å²) in [6.45, 7) is 2.40. The summed E-state index contributed by atoms with van der Waals surface area (Å²) < 4.78 is 32.7. The van der Waals surface area contributed by atoms with Gasteiger partial charge in [-0.1, -0.05) is 11.6 Å². The molecule has 9 heteroatoms. The van der Waals surface area contributed by atoms with Crippen molar-refractivity contribution >= 4 is 33.0 Å². The van der Waals surface area contributed by atoms with Crippen LogP contribution < -0.4 is 10.1 Å². The number of rotatable bonds is 6. The van der Waals surface area contributed by atoms with Crippen molar-refractivity contribution in [3.05, 3.63) is 65.4 Å². The Morgan fingerprint density at radius 3 is 2.50 bits per heavy atom. The Morgan fingerprint density at radius 2 is 1.86 bits per heavy atom. The van der Waals surface area contributed by atoms with Gasteiger partial charge in [-0.05, 0) is 49.4 Å². The lowest BCUT2D eigenvalue weighted by molar-refractivity contribution is 0.101. The Kier molecular flexibility index (Phi) is 5.71. The molecular weight excluding hydrogens is 402 g/mol. The standard InChI is InChI=1S/C19H18ClN3O4S/c1-3-23-18(8-9-21-23)19(24)22-14-10-15(27-2)12-17(11-14)28(25,26)16-6-4-13(20)5-7-16/h4-12H,3H2,1-2H3,(H,22,24). The fourth-order valence-corrected chi connectivity index (χ4v) is 4.09. The maximum absolute atomic E-state index is 13.0. The maximum atomic E-state index is 13.0. The quantitative estimate of drug-likeness (QED) is 0.658. The minimum atomic E-state index is -3.82. The van der Waals surface area contributed by atoms with Gasteiger partial charge in [0.05, 0.1) is 16.9 Å². The van der Waals surface area contributed by atoms with E-state index < -0.39 is 15.7 Å². The van der Waals surface area contributed by atoms with Crippen molar-refractivity contribution in [2.75, 3.05) is 12.4 Å². The van der Waals surface area contributed by atoms with E-state index in [-0.39, 0.29) is 9.79 Å². The first-order chi connectivity index (χ1) is 13.3. The number of methoxy groups -OCH3 is 1. The third kappa shape index (κ3) is 4.02. The number of carbonyl (C=O) groups is 1. The van der Waals surface area contributed by atoms with Gasteiger partial charge in [0, 0.05) is 29.5 Å². The van der Waals surface area contributed by atoms with Gasteiger partial charge in [-0.2, -0.15) is 5.10 Å². The molecule has 0 fully saturated rings. The van der Waals surface area contributed by atoms with Gasteiger partial charge < -0.3 is 10.1 Å². The SMILES string of the molecule is CCn1nccc1C(=O)Nc1cc(OC)cc(S(=O)(=O)c2ccc(Cl)cc2)c1.